The molecule has 4 rings (SSSR count). The van der Waals surface area contributed by atoms with Gasteiger partial charge < -0.3 is 10.3 Å². The van der Waals surface area contributed by atoms with Crippen LogP contribution in [0.1, 0.15) is 43.6 Å². The largest absolute Gasteiger partial charge is 0.324 e. The summed E-state index contributed by atoms with van der Waals surface area (Å²) in [5, 5.41) is 0. The molecule has 0 amide bonds. The maximum atomic E-state index is 13.3. The number of imidazole rings is 1. The highest BCUT2D eigenvalue weighted by atomic mass is 19.1. The molecule has 0 saturated heterocycles. The first-order chi connectivity index (χ1) is 8.74. The molecule has 0 radical (unpaired) electrons. The zero-order valence-electron chi connectivity index (χ0n) is 10.1. The Hall–Kier alpha value is -1.42. The maximum absolute atomic E-state index is 13.3. The molecule has 1 unspecified atom stereocenters. The van der Waals surface area contributed by atoms with Crippen LogP contribution in [0.5, 0.6) is 0 Å². The van der Waals surface area contributed by atoms with E-state index in [4.69, 9.17) is 5.73 Å². The third-order valence-corrected chi connectivity index (χ3v) is 4.02. The number of fused-ring (bicyclic) bond motifs is 1. The van der Waals surface area contributed by atoms with Crippen molar-refractivity contribution < 1.29 is 4.39 Å². The van der Waals surface area contributed by atoms with Crippen LogP contribution in [0.25, 0.3) is 11.0 Å². The summed E-state index contributed by atoms with van der Waals surface area (Å²) in [4.78, 5) is 4.59. The summed E-state index contributed by atoms with van der Waals surface area (Å²) in [5.74, 6) is 1.30. The van der Waals surface area contributed by atoms with E-state index in [-0.39, 0.29) is 11.9 Å². The van der Waals surface area contributed by atoms with Crippen LogP contribution in [0.15, 0.2) is 18.2 Å². The number of nitrogens with two attached hydrogens (primary N) is 1. The molecule has 3 nitrogen and oxygen atoms in total. The van der Waals surface area contributed by atoms with E-state index in [0.29, 0.717) is 12.0 Å². The average molecular weight is 245 g/mol. The minimum absolute atomic E-state index is 0.0149. The zero-order valence-corrected chi connectivity index (χ0v) is 10.1. The van der Waals surface area contributed by atoms with Gasteiger partial charge in [0.15, 0.2) is 0 Å². The molecule has 0 spiro atoms. The predicted octanol–water partition coefficient (Wildman–Crippen LogP) is 2.92. The molecule has 2 N–H and O–H groups in total. The van der Waals surface area contributed by atoms with Crippen LogP contribution >= 0.6 is 0 Å². The van der Waals surface area contributed by atoms with Crippen molar-refractivity contribution in [2.24, 2.45) is 11.7 Å². The number of halogens is 1. The molecule has 2 saturated carbocycles. The summed E-state index contributed by atoms with van der Waals surface area (Å²) in [5.41, 5.74) is 8.07. The Kier molecular flexibility index (Phi) is 2.07. The summed E-state index contributed by atoms with van der Waals surface area (Å²) >= 11 is 0. The molecule has 1 aromatic carbocycles. The highest BCUT2D eigenvalue weighted by Gasteiger charge is 2.36. The Morgan fingerprint density at radius 3 is 2.72 bits per heavy atom. The molecule has 2 fully saturated rings. The van der Waals surface area contributed by atoms with Gasteiger partial charge in [0.25, 0.3) is 0 Å². The fourth-order valence-corrected chi connectivity index (χ4v) is 2.71. The summed E-state index contributed by atoms with van der Waals surface area (Å²) < 4.78 is 15.5. The summed E-state index contributed by atoms with van der Waals surface area (Å²) in [7, 11) is 0. The van der Waals surface area contributed by atoms with Crippen molar-refractivity contribution in [1.82, 2.24) is 9.55 Å². The van der Waals surface area contributed by atoms with E-state index in [1.807, 2.05) is 6.07 Å². The van der Waals surface area contributed by atoms with Crippen molar-refractivity contribution in [3.05, 3.63) is 29.8 Å². The third kappa shape index (κ3) is 1.56. The number of nitrogens with zero attached hydrogens (tertiary/aromatic N) is 2. The van der Waals surface area contributed by atoms with Gasteiger partial charge in [-0.25, -0.2) is 9.37 Å². The van der Waals surface area contributed by atoms with Gasteiger partial charge in [0.1, 0.15) is 11.6 Å². The van der Waals surface area contributed by atoms with E-state index in [1.54, 1.807) is 0 Å². The van der Waals surface area contributed by atoms with Crippen LogP contribution in [-0.4, -0.2) is 9.55 Å². The molecule has 4 heteroatoms. The van der Waals surface area contributed by atoms with Gasteiger partial charge in [-0.3, -0.25) is 0 Å². The van der Waals surface area contributed by atoms with Gasteiger partial charge in [-0.2, -0.15) is 0 Å². The Balaban J connectivity index is 1.91. The van der Waals surface area contributed by atoms with Gasteiger partial charge in [-0.1, -0.05) is 0 Å². The van der Waals surface area contributed by atoms with E-state index < -0.39 is 0 Å². The van der Waals surface area contributed by atoms with E-state index in [0.717, 1.165) is 16.9 Å². The lowest BCUT2D eigenvalue weighted by atomic mass is 10.2. The Labute approximate surface area is 105 Å². The van der Waals surface area contributed by atoms with Gasteiger partial charge in [0, 0.05) is 12.1 Å². The normalized spacial score (nSPS) is 21.4. The highest BCUT2D eigenvalue weighted by molar-refractivity contribution is 5.76. The van der Waals surface area contributed by atoms with Crippen LogP contribution in [0.2, 0.25) is 0 Å². The lowest BCUT2D eigenvalue weighted by molar-refractivity contribution is 0.552. The summed E-state index contributed by atoms with van der Waals surface area (Å²) in [6, 6.07) is 5.40. The van der Waals surface area contributed by atoms with Crippen molar-refractivity contribution in [3.63, 3.8) is 0 Å². The molecular weight excluding hydrogens is 229 g/mol. The van der Waals surface area contributed by atoms with E-state index in [2.05, 4.69) is 9.55 Å². The van der Waals surface area contributed by atoms with E-state index >= 15 is 0 Å². The molecule has 1 aromatic heterocycles. The number of rotatable bonds is 3. The lowest BCUT2D eigenvalue weighted by Gasteiger charge is -2.13. The molecule has 0 aliphatic heterocycles. The molecule has 2 aliphatic rings. The topological polar surface area (TPSA) is 43.8 Å². The predicted molar refractivity (Wildman–Crippen MR) is 67.6 cm³/mol. The van der Waals surface area contributed by atoms with Gasteiger partial charge in [-0.05, 0) is 43.7 Å². The molecule has 18 heavy (non-hydrogen) atoms. The first kappa shape index (κ1) is 10.5. The maximum Gasteiger partial charge on any atom is 0.127 e. The fourth-order valence-electron chi connectivity index (χ4n) is 2.71. The molecule has 2 aliphatic carbocycles. The standard InChI is InChI=1S/C14H16FN3/c15-9-3-6-12-11(7-9)17-14(13(16)8-1-2-8)18(12)10-4-5-10/h3,6-8,10,13H,1-2,4-5,16H2. The van der Waals surface area contributed by atoms with Crippen molar-refractivity contribution in [2.75, 3.05) is 0 Å². The molecule has 0 bridgehead atoms. The SMILES string of the molecule is NC(c1nc2cc(F)ccc2n1C1CC1)C1CC1. The van der Waals surface area contributed by atoms with Crippen LogP contribution < -0.4 is 5.73 Å². The second kappa shape index (κ2) is 3.54. The zero-order chi connectivity index (χ0) is 12.3. The number of hydrogen-bond donors (Lipinski definition) is 1. The molecule has 94 valence electrons. The van der Waals surface area contributed by atoms with Crippen LogP contribution in [0.4, 0.5) is 4.39 Å². The van der Waals surface area contributed by atoms with Gasteiger partial charge in [-0.15, -0.1) is 0 Å². The Bertz CT molecular complexity index is 611. The van der Waals surface area contributed by atoms with Crippen molar-refractivity contribution in [2.45, 2.75) is 37.8 Å². The Morgan fingerprint density at radius 1 is 1.28 bits per heavy atom. The summed E-state index contributed by atoms with van der Waals surface area (Å²) in [6.07, 6.45) is 4.77. The quantitative estimate of drug-likeness (QED) is 0.903. The van der Waals surface area contributed by atoms with E-state index in [9.17, 15) is 4.39 Å². The highest BCUT2D eigenvalue weighted by Crippen LogP contribution is 2.44. The first-order valence-electron chi connectivity index (χ1n) is 6.67. The van der Waals surface area contributed by atoms with Crippen molar-refractivity contribution in [3.8, 4) is 0 Å². The second-order valence-electron chi connectivity index (χ2n) is 5.57. The van der Waals surface area contributed by atoms with E-state index in [1.165, 1.54) is 37.8 Å². The lowest BCUT2D eigenvalue weighted by Crippen LogP contribution is -2.18. The minimum Gasteiger partial charge on any atom is -0.324 e. The smallest absolute Gasteiger partial charge is 0.127 e. The second-order valence-corrected chi connectivity index (χ2v) is 5.57. The average Bonchev–Trinajstić information content (AvgIpc) is 3.22. The van der Waals surface area contributed by atoms with Gasteiger partial charge in [0.05, 0.1) is 17.1 Å². The van der Waals surface area contributed by atoms with Gasteiger partial charge in [0.2, 0.25) is 0 Å². The van der Waals surface area contributed by atoms with Crippen LogP contribution in [0.3, 0.4) is 0 Å². The number of benzene rings is 1. The summed E-state index contributed by atoms with van der Waals surface area (Å²) in [6.45, 7) is 0. The number of aromatic nitrogens is 2. The molecular formula is C14H16FN3. The third-order valence-electron chi connectivity index (χ3n) is 4.02. The monoisotopic (exact) mass is 245 g/mol. The fraction of sp³-hybridized carbons (Fsp3) is 0.500. The van der Waals surface area contributed by atoms with Crippen LogP contribution in [0, 0.1) is 11.7 Å². The number of hydrogen-bond acceptors (Lipinski definition) is 2. The minimum atomic E-state index is -0.227. The molecule has 2 aromatic rings. The molecule has 1 atom stereocenters. The van der Waals surface area contributed by atoms with Crippen LogP contribution in [-0.2, 0) is 0 Å². The van der Waals surface area contributed by atoms with Crippen molar-refractivity contribution in [1.29, 1.82) is 0 Å². The van der Waals surface area contributed by atoms with Crippen molar-refractivity contribution >= 4 is 11.0 Å². The van der Waals surface area contributed by atoms with Gasteiger partial charge >= 0.3 is 0 Å². The molecule has 1 heterocycles. The Morgan fingerprint density at radius 2 is 2.06 bits per heavy atom. The first-order valence-corrected chi connectivity index (χ1v) is 6.67.